The van der Waals surface area contributed by atoms with Gasteiger partial charge in [-0.3, -0.25) is 9.69 Å². The summed E-state index contributed by atoms with van der Waals surface area (Å²) in [5, 5.41) is 5.14. The summed E-state index contributed by atoms with van der Waals surface area (Å²) in [5.74, 6) is 1.40. The predicted octanol–water partition coefficient (Wildman–Crippen LogP) is 5.20. The van der Waals surface area contributed by atoms with Gasteiger partial charge in [0.2, 0.25) is 11.9 Å². The number of halogens is 1. The van der Waals surface area contributed by atoms with E-state index in [9.17, 15) is 4.79 Å². The number of anilines is 1. The Bertz CT molecular complexity index is 1020. The molecule has 4 rings (SSSR count). The topological polar surface area (TPSA) is 60.2 Å². The highest BCUT2D eigenvalue weighted by molar-refractivity contribution is 6.31. The highest BCUT2D eigenvalue weighted by Gasteiger charge is 2.39. The van der Waals surface area contributed by atoms with Gasteiger partial charge in [0.25, 0.3) is 0 Å². The second-order valence-electron chi connectivity index (χ2n) is 7.43. The van der Waals surface area contributed by atoms with Gasteiger partial charge in [-0.15, -0.1) is 0 Å². The molecule has 0 aliphatic carbocycles. The van der Waals surface area contributed by atoms with E-state index in [1.54, 1.807) is 12.0 Å². The Hall–Kier alpha value is -2.86. The Morgan fingerprint density at radius 3 is 2.63 bits per heavy atom. The van der Waals surface area contributed by atoms with Crippen molar-refractivity contribution in [1.29, 1.82) is 0 Å². The van der Waals surface area contributed by atoms with Crippen LogP contribution in [-0.4, -0.2) is 27.8 Å². The maximum absolute atomic E-state index is 13.2. The Kier molecular flexibility index (Phi) is 6.04. The number of amides is 1. The van der Waals surface area contributed by atoms with Crippen LogP contribution in [0.15, 0.2) is 54.9 Å². The van der Waals surface area contributed by atoms with Crippen LogP contribution in [-0.2, 0) is 4.79 Å². The fraction of sp³-hybridized carbons (Fsp3) is 0.348. The summed E-state index contributed by atoms with van der Waals surface area (Å²) < 4.78 is 7.13. The summed E-state index contributed by atoms with van der Waals surface area (Å²) in [4.78, 5) is 19.5. The number of carbonyl (C=O) groups excluding carboxylic acids is 1. The minimum Gasteiger partial charge on any atom is -0.497 e. The Morgan fingerprint density at radius 2 is 1.93 bits per heavy atom. The van der Waals surface area contributed by atoms with E-state index < -0.39 is 0 Å². The van der Waals surface area contributed by atoms with Crippen molar-refractivity contribution in [1.82, 2.24) is 14.8 Å². The highest BCUT2D eigenvalue weighted by atomic mass is 35.5. The molecule has 0 bridgehead atoms. The average Bonchev–Trinajstić information content (AvgIpc) is 3.26. The molecule has 2 aromatic carbocycles. The first-order valence-corrected chi connectivity index (χ1v) is 10.6. The number of ether oxygens (including phenoxy) is 1. The second kappa shape index (κ2) is 8.88. The fourth-order valence-electron chi connectivity index (χ4n) is 4.04. The second-order valence-corrected chi connectivity index (χ2v) is 7.84. The smallest absolute Gasteiger partial charge is 0.231 e. The van der Waals surface area contributed by atoms with Crippen LogP contribution in [0.5, 0.6) is 5.75 Å². The van der Waals surface area contributed by atoms with Crippen molar-refractivity contribution in [3.8, 4) is 5.75 Å². The van der Waals surface area contributed by atoms with Crippen LogP contribution in [0.1, 0.15) is 55.8 Å². The molecule has 0 fully saturated rings. The van der Waals surface area contributed by atoms with Crippen LogP contribution in [0, 0.1) is 0 Å². The minimum atomic E-state index is -0.168. The fourth-order valence-corrected chi connectivity index (χ4v) is 4.30. The summed E-state index contributed by atoms with van der Waals surface area (Å²) in [6.45, 7) is 2.08. The van der Waals surface area contributed by atoms with E-state index >= 15 is 0 Å². The van der Waals surface area contributed by atoms with Crippen LogP contribution in [0.4, 0.5) is 5.95 Å². The molecule has 6 nitrogen and oxygen atoms in total. The van der Waals surface area contributed by atoms with Gasteiger partial charge in [-0.25, -0.2) is 4.68 Å². The van der Waals surface area contributed by atoms with Crippen molar-refractivity contribution >= 4 is 23.5 Å². The van der Waals surface area contributed by atoms with Gasteiger partial charge in [0.1, 0.15) is 12.1 Å². The van der Waals surface area contributed by atoms with E-state index in [2.05, 4.69) is 17.0 Å². The summed E-state index contributed by atoms with van der Waals surface area (Å²) in [6.07, 6.45) is 4.45. The van der Waals surface area contributed by atoms with E-state index in [0.29, 0.717) is 23.8 Å². The number of fused-ring (bicyclic) bond motifs is 1. The number of hydrogen-bond acceptors (Lipinski definition) is 4. The molecule has 0 unspecified atom stereocenters. The van der Waals surface area contributed by atoms with Crippen LogP contribution in [0.2, 0.25) is 5.02 Å². The maximum Gasteiger partial charge on any atom is 0.231 e. The van der Waals surface area contributed by atoms with Crippen LogP contribution in [0.3, 0.4) is 0 Å². The molecule has 0 spiro atoms. The van der Waals surface area contributed by atoms with Gasteiger partial charge in [-0.1, -0.05) is 55.3 Å². The normalized spacial score (nSPS) is 18.2. The molecule has 1 aromatic heterocycles. The zero-order valence-electron chi connectivity index (χ0n) is 17.2. The number of aromatic nitrogens is 3. The highest BCUT2D eigenvalue weighted by Crippen LogP contribution is 2.43. The molecular weight excluding hydrogens is 400 g/mol. The van der Waals surface area contributed by atoms with Crippen molar-refractivity contribution in [2.75, 3.05) is 12.0 Å². The summed E-state index contributed by atoms with van der Waals surface area (Å²) in [7, 11) is 1.64. The quantitative estimate of drug-likeness (QED) is 0.545. The first kappa shape index (κ1) is 20.4. The molecule has 3 aromatic rings. The average molecular weight is 425 g/mol. The maximum atomic E-state index is 13.2. The summed E-state index contributed by atoms with van der Waals surface area (Å²) in [6, 6.07) is 15.4. The lowest BCUT2D eigenvalue weighted by atomic mass is 9.91. The SMILES string of the molecule is CCCCC(=O)N1c2ncnn2[C@@H](c2ccccc2Cl)C[C@H]1c1ccc(OC)cc1. The van der Waals surface area contributed by atoms with Crippen LogP contribution >= 0.6 is 11.6 Å². The first-order valence-electron chi connectivity index (χ1n) is 10.2. The van der Waals surface area contributed by atoms with Crippen molar-refractivity contribution in [3.05, 3.63) is 71.0 Å². The molecule has 0 N–H and O–H groups in total. The van der Waals surface area contributed by atoms with E-state index in [0.717, 1.165) is 29.7 Å². The third-order valence-electron chi connectivity index (χ3n) is 5.60. The van der Waals surface area contributed by atoms with Crippen molar-refractivity contribution in [2.45, 2.75) is 44.7 Å². The zero-order valence-corrected chi connectivity index (χ0v) is 17.9. The molecule has 2 heterocycles. The lowest BCUT2D eigenvalue weighted by Crippen LogP contribution is -2.42. The van der Waals surface area contributed by atoms with Crippen molar-refractivity contribution in [2.24, 2.45) is 0 Å². The van der Waals surface area contributed by atoms with Crippen molar-refractivity contribution < 1.29 is 9.53 Å². The van der Waals surface area contributed by atoms with Gasteiger partial charge in [0, 0.05) is 11.4 Å². The van der Waals surface area contributed by atoms with Gasteiger partial charge in [0.15, 0.2) is 0 Å². The van der Waals surface area contributed by atoms with Gasteiger partial charge in [-0.05, 0) is 42.2 Å². The Balaban J connectivity index is 1.80. The van der Waals surface area contributed by atoms with Gasteiger partial charge < -0.3 is 4.74 Å². The molecular formula is C23H25ClN4O2. The Morgan fingerprint density at radius 1 is 1.17 bits per heavy atom. The first-order chi connectivity index (χ1) is 14.6. The molecule has 0 radical (unpaired) electrons. The number of carbonyl (C=O) groups is 1. The van der Waals surface area contributed by atoms with Gasteiger partial charge in [-0.2, -0.15) is 10.1 Å². The molecule has 1 aliphatic heterocycles. The number of benzene rings is 2. The molecule has 156 valence electrons. The van der Waals surface area contributed by atoms with E-state index in [1.807, 2.05) is 53.2 Å². The third-order valence-corrected chi connectivity index (χ3v) is 5.94. The number of methoxy groups -OCH3 is 1. The number of hydrogen-bond donors (Lipinski definition) is 0. The number of rotatable bonds is 6. The summed E-state index contributed by atoms with van der Waals surface area (Å²) in [5.41, 5.74) is 2.01. The molecule has 0 saturated carbocycles. The van der Waals surface area contributed by atoms with E-state index in [-0.39, 0.29) is 18.0 Å². The van der Waals surface area contributed by atoms with E-state index in [4.69, 9.17) is 16.3 Å². The lowest BCUT2D eigenvalue weighted by molar-refractivity contribution is -0.119. The minimum absolute atomic E-state index is 0.0597. The zero-order chi connectivity index (χ0) is 21.1. The standard InChI is InChI=1S/C23H25ClN4O2/c1-3-4-9-22(29)27-20(16-10-12-17(30-2)13-11-16)14-21(28-23(27)25-15-26-28)18-7-5-6-8-19(18)24/h5-8,10-13,15,20-21H,3-4,9,14H2,1-2H3/t20-,21+/m0/s1. The van der Waals surface area contributed by atoms with Crippen LogP contribution < -0.4 is 9.64 Å². The molecule has 7 heteroatoms. The van der Waals surface area contributed by atoms with Gasteiger partial charge in [0.05, 0.1) is 19.2 Å². The molecule has 1 amide bonds. The Labute approximate surface area is 181 Å². The number of unbranched alkanes of at least 4 members (excludes halogenated alkanes) is 1. The summed E-state index contributed by atoms with van der Waals surface area (Å²) >= 11 is 6.53. The molecule has 1 aliphatic rings. The largest absolute Gasteiger partial charge is 0.497 e. The molecule has 2 atom stereocenters. The van der Waals surface area contributed by atoms with Gasteiger partial charge >= 0.3 is 0 Å². The monoisotopic (exact) mass is 424 g/mol. The molecule has 0 saturated heterocycles. The lowest BCUT2D eigenvalue weighted by Gasteiger charge is -2.39. The third kappa shape index (κ3) is 3.79. The van der Waals surface area contributed by atoms with E-state index in [1.165, 1.54) is 6.33 Å². The predicted molar refractivity (Wildman–Crippen MR) is 117 cm³/mol. The number of nitrogens with zero attached hydrogens (tertiary/aromatic N) is 4. The van der Waals surface area contributed by atoms with Crippen LogP contribution in [0.25, 0.3) is 0 Å². The molecule has 30 heavy (non-hydrogen) atoms. The van der Waals surface area contributed by atoms with Crippen molar-refractivity contribution in [3.63, 3.8) is 0 Å².